The van der Waals surface area contributed by atoms with Gasteiger partial charge in [-0.1, -0.05) is 18.2 Å². The molecule has 0 saturated heterocycles. The zero-order valence-electron chi connectivity index (χ0n) is 6.27. The molecule has 0 fully saturated rings. The SMILES string of the molecule is O=[N+]([O-])NCOc1ccccc1. The van der Waals surface area contributed by atoms with E-state index in [1.807, 2.05) is 11.5 Å². The fraction of sp³-hybridized carbons (Fsp3) is 0.143. The molecule has 0 radical (unpaired) electrons. The Bertz CT molecular complexity index is 250. The largest absolute Gasteiger partial charge is 0.468 e. The first-order chi connectivity index (χ1) is 5.79. The molecule has 5 nitrogen and oxygen atoms in total. The molecule has 0 aliphatic heterocycles. The van der Waals surface area contributed by atoms with E-state index >= 15 is 0 Å². The summed E-state index contributed by atoms with van der Waals surface area (Å²) in [4.78, 5) is 9.80. The Kier molecular flexibility index (Phi) is 2.89. The fourth-order valence-electron chi connectivity index (χ4n) is 0.685. The highest BCUT2D eigenvalue weighted by atomic mass is 16.7. The summed E-state index contributed by atoms with van der Waals surface area (Å²) in [5.74, 6) is 0.604. The molecule has 5 heteroatoms. The lowest BCUT2D eigenvalue weighted by Crippen LogP contribution is -2.26. The highest BCUT2D eigenvalue weighted by molar-refractivity contribution is 5.20. The minimum absolute atomic E-state index is 0.128. The van der Waals surface area contributed by atoms with Crippen LogP contribution in [0.1, 0.15) is 0 Å². The third-order valence-corrected chi connectivity index (χ3v) is 1.18. The number of nitro groups is 1. The number of ether oxygens (including phenoxy) is 1. The summed E-state index contributed by atoms with van der Waals surface area (Å²) in [6.07, 6.45) is 0. The van der Waals surface area contributed by atoms with Crippen molar-refractivity contribution in [3.8, 4) is 5.75 Å². The van der Waals surface area contributed by atoms with Gasteiger partial charge < -0.3 is 4.74 Å². The molecule has 0 aliphatic carbocycles. The van der Waals surface area contributed by atoms with E-state index in [0.29, 0.717) is 5.75 Å². The maximum absolute atomic E-state index is 9.80. The first-order valence-electron chi connectivity index (χ1n) is 3.35. The van der Waals surface area contributed by atoms with E-state index in [4.69, 9.17) is 4.74 Å². The van der Waals surface area contributed by atoms with Gasteiger partial charge in [-0.2, -0.15) is 0 Å². The molecular weight excluding hydrogens is 160 g/mol. The van der Waals surface area contributed by atoms with Crippen LogP contribution in [0.2, 0.25) is 0 Å². The molecule has 12 heavy (non-hydrogen) atoms. The van der Waals surface area contributed by atoms with Gasteiger partial charge in [-0.3, -0.25) is 0 Å². The number of nitrogens with one attached hydrogen (secondary N) is 1. The van der Waals surface area contributed by atoms with E-state index in [-0.39, 0.29) is 6.73 Å². The molecule has 0 amide bonds. The second-order valence-electron chi connectivity index (χ2n) is 2.02. The van der Waals surface area contributed by atoms with Gasteiger partial charge in [0.15, 0.2) is 5.03 Å². The van der Waals surface area contributed by atoms with Crippen molar-refractivity contribution >= 4 is 0 Å². The minimum atomic E-state index is -0.650. The van der Waals surface area contributed by atoms with Crippen LogP contribution < -0.4 is 10.2 Å². The Hall–Kier alpha value is -1.78. The smallest absolute Gasteiger partial charge is 0.213 e. The molecule has 1 aromatic rings. The second kappa shape index (κ2) is 4.17. The first kappa shape index (κ1) is 8.32. The van der Waals surface area contributed by atoms with Crippen LogP contribution in [0.25, 0.3) is 0 Å². The molecule has 0 saturated carbocycles. The van der Waals surface area contributed by atoms with Crippen LogP contribution >= 0.6 is 0 Å². The fourth-order valence-corrected chi connectivity index (χ4v) is 0.685. The van der Waals surface area contributed by atoms with Crippen molar-refractivity contribution in [2.75, 3.05) is 6.73 Å². The standard InChI is InChI=1S/C7H8N2O3/c10-9(11)8-6-12-7-4-2-1-3-5-7/h1-5,8H,6H2. The summed E-state index contributed by atoms with van der Waals surface area (Å²) < 4.78 is 4.96. The third kappa shape index (κ3) is 2.87. The van der Waals surface area contributed by atoms with Crippen LogP contribution in [0.15, 0.2) is 30.3 Å². The second-order valence-corrected chi connectivity index (χ2v) is 2.02. The highest BCUT2D eigenvalue weighted by Crippen LogP contribution is 2.06. The number of para-hydroxylation sites is 1. The van der Waals surface area contributed by atoms with Crippen LogP contribution in [0.5, 0.6) is 5.75 Å². The van der Waals surface area contributed by atoms with Crippen LogP contribution in [0.4, 0.5) is 0 Å². The molecule has 64 valence electrons. The summed E-state index contributed by atoms with van der Waals surface area (Å²) in [5, 5.41) is 9.15. The van der Waals surface area contributed by atoms with Crippen LogP contribution in [-0.4, -0.2) is 11.8 Å². The van der Waals surface area contributed by atoms with Crippen molar-refractivity contribution < 1.29 is 9.77 Å². The number of nitrogens with zero attached hydrogens (tertiary/aromatic N) is 1. The molecule has 0 heterocycles. The quantitative estimate of drug-likeness (QED) is 0.410. The maximum atomic E-state index is 9.80. The Morgan fingerprint density at radius 3 is 2.67 bits per heavy atom. The summed E-state index contributed by atoms with van der Waals surface area (Å²) >= 11 is 0. The predicted octanol–water partition coefficient (Wildman–Crippen LogP) is 0.804. The number of hydrogen-bond donors (Lipinski definition) is 1. The van der Waals surface area contributed by atoms with Gasteiger partial charge in [0, 0.05) is 0 Å². The lowest BCUT2D eigenvalue weighted by molar-refractivity contribution is -0.549. The van der Waals surface area contributed by atoms with Crippen molar-refractivity contribution in [1.82, 2.24) is 5.43 Å². The van der Waals surface area contributed by atoms with Gasteiger partial charge in [-0.15, -0.1) is 5.43 Å². The molecular formula is C7H8N2O3. The van der Waals surface area contributed by atoms with Crippen molar-refractivity contribution in [2.24, 2.45) is 0 Å². The molecule has 0 atom stereocenters. The van der Waals surface area contributed by atoms with E-state index in [1.165, 1.54) is 0 Å². The van der Waals surface area contributed by atoms with Gasteiger partial charge in [-0.05, 0) is 12.1 Å². The van der Waals surface area contributed by atoms with E-state index < -0.39 is 5.03 Å². The first-order valence-corrected chi connectivity index (χ1v) is 3.35. The van der Waals surface area contributed by atoms with Crippen LogP contribution in [0.3, 0.4) is 0 Å². The zero-order chi connectivity index (χ0) is 8.81. The summed E-state index contributed by atoms with van der Waals surface area (Å²) in [6.45, 7) is -0.128. The third-order valence-electron chi connectivity index (χ3n) is 1.18. The molecule has 0 unspecified atom stereocenters. The highest BCUT2D eigenvalue weighted by Gasteiger charge is 1.93. The summed E-state index contributed by atoms with van der Waals surface area (Å²) in [5.41, 5.74) is 1.89. The Labute approximate surface area is 69.1 Å². The normalized spacial score (nSPS) is 9.00. The van der Waals surface area contributed by atoms with E-state index in [1.54, 1.807) is 24.3 Å². The van der Waals surface area contributed by atoms with E-state index in [0.717, 1.165) is 0 Å². The number of benzene rings is 1. The molecule has 0 spiro atoms. The van der Waals surface area contributed by atoms with Crippen molar-refractivity contribution in [3.05, 3.63) is 40.4 Å². The lowest BCUT2D eigenvalue weighted by Gasteiger charge is -2.01. The summed E-state index contributed by atoms with van der Waals surface area (Å²) in [6, 6.07) is 8.88. The van der Waals surface area contributed by atoms with Gasteiger partial charge in [0.05, 0.1) is 0 Å². The van der Waals surface area contributed by atoms with Gasteiger partial charge >= 0.3 is 0 Å². The number of hydrazine groups is 1. The van der Waals surface area contributed by atoms with E-state index in [9.17, 15) is 10.1 Å². The van der Waals surface area contributed by atoms with Crippen molar-refractivity contribution in [2.45, 2.75) is 0 Å². The molecule has 0 aliphatic rings. The number of hydrogen-bond acceptors (Lipinski definition) is 3. The molecule has 1 rings (SSSR count). The molecule has 1 N–H and O–H groups in total. The Morgan fingerprint density at radius 1 is 1.42 bits per heavy atom. The van der Waals surface area contributed by atoms with Crippen molar-refractivity contribution in [1.29, 1.82) is 0 Å². The van der Waals surface area contributed by atoms with Crippen LogP contribution in [-0.2, 0) is 0 Å². The topological polar surface area (TPSA) is 64.4 Å². The van der Waals surface area contributed by atoms with E-state index in [2.05, 4.69) is 0 Å². The van der Waals surface area contributed by atoms with Crippen LogP contribution in [0, 0.1) is 10.1 Å². The van der Waals surface area contributed by atoms with Crippen molar-refractivity contribution in [3.63, 3.8) is 0 Å². The Balaban J connectivity index is 2.29. The average Bonchev–Trinajstić information content (AvgIpc) is 2.05. The predicted molar refractivity (Wildman–Crippen MR) is 42.1 cm³/mol. The van der Waals surface area contributed by atoms with Gasteiger partial charge in [0.25, 0.3) is 0 Å². The van der Waals surface area contributed by atoms with Gasteiger partial charge in [0.2, 0.25) is 6.73 Å². The van der Waals surface area contributed by atoms with Gasteiger partial charge in [0.1, 0.15) is 5.75 Å². The number of rotatable bonds is 4. The van der Waals surface area contributed by atoms with Gasteiger partial charge in [-0.25, -0.2) is 10.1 Å². The molecule has 0 bridgehead atoms. The molecule has 0 aromatic heterocycles. The Morgan fingerprint density at radius 2 is 2.08 bits per heavy atom. The monoisotopic (exact) mass is 168 g/mol. The minimum Gasteiger partial charge on any atom is -0.468 e. The maximum Gasteiger partial charge on any atom is 0.213 e. The summed E-state index contributed by atoms with van der Waals surface area (Å²) in [7, 11) is 0. The lowest BCUT2D eigenvalue weighted by atomic mass is 10.3. The zero-order valence-corrected chi connectivity index (χ0v) is 6.27. The average molecular weight is 168 g/mol. The molecule has 1 aromatic carbocycles.